The zero-order valence-corrected chi connectivity index (χ0v) is 36.2. The predicted molar refractivity (Wildman–Crippen MR) is 222 cm³/mol. The number of fused-ring (bicyclic) bond motifs is 6. The van der Waals surface area contributed by atoms with Crippen LogP contribution in [0.3, 0.4) is 0 Å². The summed E-state index contributed by atoms with van der Waals surface area (Å²) in [6.45, 7) is 23.5. The molecule has 0 spiro atoms. The summed E-state index contributed by atoms with van der Waals surface area (Å²) in [4.78, 5) is 17.5. The third-order valence-electron chi connectivity index (χ3n) is 11.4. The van der Waals surface area contributed by atoms with Gasteiger partial charge in [0.15, 0.2) is 5.78 Å². The van der Waals surface area contributed by atoms with Gasteiger partial charge in [-0.25, -0.2) is 0 Å². The number of aliphatic hydroxyl groups is 1. The second-order valence-electron chi connectivity index (χ2n) is 16.0. The van der Waals surface area contributed by atoms with Crippen LogP contribution in [0.1, 0.15) is 119 Å². The van der Waals surface area contributed by atoms with Crippen LogP contribution in [-0.4, -0.2) is 15.9 Å². The van der Waals surface area contributed by atoms with Gasteiger partial charge >= 0.3 is 0 Å². The van der Waals surface area contributed by atoms with Crippen molar-refractivity contribution in [2.75, 3.05) is 0 Å². The fraction of sp³-hybridized carbons (Fsp3) is 0.404. The summed E-state index contributed by atoms with van der Waals surface area (Å²) in [6, 6.07) is 30.0. The molecule has 0 saturated heterocycles. The summed E-state index contributed by atoms with van der Waals surface area (Å²) >= 11 is 1.91. The van der Waals surface area contributed by atoms with Crippen molar-refractivity contribution in [3.8, 4) is 11.3 Å². The molecule has 2 heterocycles. The number of benzene rings is 4. The van der Waals surface area contributed by atoms with Gasteiger partial charge in [0.1, 0.15) is 5.76 Å². The molecule has 0 fully saturated rings. The van der Waals surface area contributed by atoms with Crippen LogP contribution in [0.5, 0.6) is 0 Å². The molecule has 0 saturated carbocycles. The van der Waals surface area contributed by atoms with Gasteiger partial charge in [-0.1, -0.05) is 142 Å². The standard InChI is InChI=1S/C32H28NS.C15H28O2.Ir/c1-19(2)22-14-10-15-25-28-29(33-27-16-9-8-13-24(27)31(28)34-30(22)25)21-17-20-11-6-7-12-23(20)26(18-21)32(3,4)5;1-7-14(5,8-2)12(16)11-13(17)15(6,9-3)10-4;/h6-16,18-19H,1-5H3;11,16H,7-10H2,1-6H3;/q-1;;/b;12-11-;. The minimum Gasteiger partial charge on any atom is -0.512 e. The van der Waals surface area contributed by atoms with Gasteiger partial charge in [-0.05, 0) is 59.4 Å². The van der Waals surface area contributed by atoms with E-state index in [1.165, 1.54) is 48.1 Å². The first-order valence-corrected chi connectivity index (χ1v) is 19.6. The second-order valence-corrected chi connectivity index (χ2v) is 17.0. The SMILES string of the molecule is CC(C)c1cccc2c1sc1c3ccccc3nc(-c3[c-]c4ccccc4c(C(C)(C)C)c3)c21.CCC(C)(CC)C(=O)/C=C(\O)C(C)(CC)CC.[Ir]. The maximum Gasteiger partial charge on any atom is 0.164 e. The molecule has 0 aliphatic carbocycles. The summed E-state index contributed by atoms with van der Waals surface area (Å²) in [7, 11) is 0. The van der Waals surface area contributed by atoms with Crippen LogP contribution in [0.2, 0.25) is 0 Å². The molecular formula is C47H56IrNO2S-. The van der Waals surface area contributed by atoms with Crippen molar-refractivity contribution in [1.82, 2.24) is 4.98 Å². The van der Waals surface area contributed by atoms with Crippen LogP contribution in [0.15, 0.2) is 84.6 Å². The largest absolute Gasteiger partial charge is 0.512 e. The van der Waals surface area contributed by atoms with Crippen molar-refractivity contribution in [2.24, 2.45) is 10.8 Å². The Kier molecular flexibility index (Phi) is 13.0. The Hall–Kier alpha value is -3.37. The number of allylic oxidation sites excluding steroid dienone is 2. The molecule has 0 unspecified atom stereocenters. The van der Waals surface area contributed by atoms with Crippen molar-refractivity contribution in [3.63, 3.8) is 0 Å². The first-order valence-electron chi connectivity index (χ1n) is 18.8. The van der Waals surface area contributed by atoms with Crippen LogP contribution >= 0.6 is 11.3 Å². The van der Waals surface area contributed by atoms with E-state index in [4.69, 9.17) is 4.98 Å². The van der Waals surface area contributed by atoms with Crippen molar-refractivity contribution >= 4 is 59.0 Å². The van der Waals surface area contributed by atoms with E-state index in [1.807, 2.05) is 52.9 Å². The van der Waals surface area contributed by atoms with Crippen LogP contribution in [0.25, 0.3) is 53.1 Å². The Morgan fingerprint density at radius 3 is 1.96 bits per heavy atom. The van der Waals surface area contributed by atoms with E-state index in [9.17, 15) is 9.90 Å². The molecule has 277 valence electrons. The zero-order chi connectivity index (χ0) is 37.3. The number of nitrogens with zero attached hydrogens (tertiary/aromatic N) is 1. The second kappa shape index (κ2) is 16.3. The number of aliphatic hydroxyl groups excluding tert-OH is 1. The van der Waals surface area contributed by atoms with Crippen LogP contribution in [0.4, 0.5) is 0 Å². The monoisotopic (exact) mass is 891 g/mol. The third kappa shape index (κ3) is 7.93. The molecule has 6 rings (SSSR count). The summed E-state index contributed by atoms with van der Waals surface area (Å²) in [5.41, 5.74) is 5.32. The van der Waals surface area contributed by atoms with Crippen molar-refractivity contribution < 1.29 is 30.0 Å². The number of para-hydroxylation sites is 1. The fourth-order valence-electron chi connectivity index (χ4n) is 6.82. The molecule has 5 heteroatoms. The minimum absolute atomic E-state index is 0. The molecule has 0 aliphatic heterocycles. The quantitative estimate of drug-likeness (QED) is 0.0894. The first-order chi connectivity index (χ1) is 24.1. The molecule has 2 aromatic heterocycles. The van der Waals surface area contributed by atoms with Gasteiger partial charge in [0.2, 0.25) is 0 Å². The summed E-state index contributed by atoms with van der Waals surface area (Å²) < 4.78 is 2.70. The molecule has 3 nitrogen and oxygen atoms in total. The zero-order valence-electron chi connectivity index (χ0n) is 33.0. The average molecular weight is 891 g/mol. The number of ketones is 1. The Labute approximate surface area is 329 Å². The smallest absolute Gasteiger partial charge is 0.164 e. The van der Waals surface area contributed by atoms with Gasteiger partial charge in [-0.15, -0.1) is 40.5 Å². The van der Waals surface area contributed by atoms with Crippen LogP contribution in [0, 0.1) is 16.9 Å². The Morgan fingerprint density at radius 1 is 0.788 bits per heavy atom. The van der Waals surface area contributed by atoms with Crippen molar-refractivity contribution in [2.45, 2.75) is 113 Å². The topological polar surface area (TPSA) is 50.2 Å². The molecule has 4 aromatic carbocycles. The Bertz CT molecular complexity index is 2230. The minimum atomic E-state index is -0.337. The predicted octanol–water partition coefficient (Wildman–Crippen LogP) is 14.3. The molecule has 0 amide bonds. The number of aromatic nitrogens is 1. The van der Waals surface area contributed by atoms with Crippen molar-refractivity contribution in [3.05, 3.63) is 102 Å². The Morgan fingerprint density at radius 2 is 1.37 bits per heavy atom. The number of rotatable bonds is 9. The normalized spacial score (nSPS) is 12.7. The van der Waals surface area contributed by atoms with E-state index in [1.54, 1.807) is 0 Å². The van der Waals surface area contributed by atoms with Crippen LogP contribution < -0.4 is 0 Å². The fourth-order valence-corrected chi connectivity index (χ4v) is 8.31. The maximum atomic E-state index is 12.2. The third-order valence-corrected chi connectivity index (χ3v) is 12.7. The van der Waals surface area contributed by atoms with Gasteiger partial charge < -0.3 is 5.11 Å². The average Bonchev–Trinajstić information content (AvgIpc) is 3.53. The number of carbonyl (C=O) groups is 1. The Balaban J connectivity index is 0.000000289. The molecule has 1 N–H and O–H groups in total. The number of hydrogen-bond donors (Lipinski definition) is 1. The molecule has 0 bridgehead atoms. The van der Waals surface area contributed by atoms with Gasteiger partial charge in [0.05, 0.1) is 5.52 Å². The van der Waals surface area contributed by atoms with Gasteiger partial charge in [0.25, 0.3) is 0 Å². The number of thiophene rings is 1. The van der Waals surface area contributed by atoms with Crippen molar-refractivity contribution in [1.29, 1.82) is 0 Å². The van der Waals surface area contributed by atoms with Gasteiger partial charge in [-0.3, -0.25) is 9.78 Å². The van der Waals surface area contributed by atoms with E-state index >= 15 is 0 Å². The molecule has 6 aromatic rings. The van der Waals surface area contributed by atoms with E-state index in [-0.39, 0.29) is 47.9 Å². The number of pyridine rings is 1. The molecule has 0 aliphatic rings. The molecular weight excluding hydrogens is 835 g/mol. The first kappa shape index (κ1) is 41.4. The number of carbonyl (C=O) groups excluding carboxylic acids is 1. The maximum absolute atomic E-state index is 12.2. The van der Waals surface area contributed by atoms with Gasteiger partial charge in [-0.2, -0.15) is 0 Å². The van der Waals surface area contributed by atoms with E-state index < -0.39 is 0 Å². The molecule has 1 radical (unpaired) electrons. The van der Waals surface area contributed by atoms with Gasteiger partial charge in [0, 0.05) is 57.5 Å². The molecule has 0 atom stereocenters. The van der Waals surface area contributed by atoms with E-state index in [0.717, 1.165) is 47.8 Å². The molecule has 52 heavy (non-hydrogen) atoms. The van der Waals surface area contributed by atoms with E-state index in [0.29, 0.717) is 5.92 Å². The summed E-state index contributed by atoms with van der Waals surface area (Å²) in [5.74, 6) is 0.757. The summed E-state index contributed by atoms with van der Waals surface area (Å²) in [5, 5.41) is 16.3. The summed E-state index contributed by atoms with van der Waals surface area (Å²) in [6.07, 6.45) is 4.75. The van der Waals surface area contributed by atoms with Crippen LogP contribution in [-0.2, 0) is 30.3 Å². The number of hydrogen-bond acceptors (Lipinski definition) is 4. The van der Waals surface area contributed by atoms with E-state index in [2.05, 4.69) is 113 Å².